The van der Waals surface area contributed by atoms with Gasteiger partial charge < -0.3 is 10.6 Å². The number of halogens is 5. The van der Waals surface area contributed by atoms with E-state index in [9.17, 15) is 26.7 Å². The number of fused-ring (bicyclic) bond motifs is 1. The molecule has 20 heavy (non-hydrogen) atoms. The second-order valence-corrected chi connectivity index (χ2v) is 4.40. The second kappa shape index (κ2) is 5.01. The van der Waals surface area contributed by atoms with Crippen molar-refractivity contribution in [1.29, 1.82) is 0 Å². The Labute approximate surface area is 111 Å². The maximum absolute atomic E-state index is 12.9. The smallest absolute Gasteiger partial charge is 0.320 e. The molecule has 0 spiro atoms. The van der Waals surface area contributed by atoms with Gasteiger partial charge in [0.25, 0.3) is 0 Å². The van der Waals surface area contributed by atoms with Gasteiger partial charge in [-0.1, -0.05) is 12.1 Å². The molecule has 0 radical (unpaired) electrons. The Morgan fingerprint density at radius 3 is 2.55 bits per heavy atom. The predicted octanol–water partition coefficient (Wildman–Crippen LogP) is 2.47. The molecule has 110 valence electrons. The van der Waals surface area contributed by atoms with E-state index in [-0.39, 0.29) is 5.69 Å². The molecule has 2 rings (SSSR count). The molecule has 2 N–H and O–H groups in total. The van der Waals surface area contributed by atoms with Crippen molar-refractivity contribution < 1.29 is 26.7 Å². The van der Waals surface area contributed by atoms with Gasteiger partial charge in [-0.05, 0) is 30.2 Å². The van der Waals surface area contributed by atoms with Crippen molar-refractivity contribution in [2.24, 2.45) is 0 Å². The van der Waals surface area contributed by atoms with Gasteiger partial charge in [0.05, 0.1) is 0 Å². The molecule has 8 heteroatoms. The van der Waals surface area contributed by atoms with Gasteiger partial charge in [0.2, 0.25) is 0 Å². The maximum atomic E-state index is 12.9. The highest BCUT2D eigenvalue weighted by Gasteiger charge is 2.63. The summed E-state index contributed by atoms with van der Waals surface area (Å²) in [5, 5.41) is 4.72. The molecule has 0 saturated heterocycles. The molecule has 0 atom stereocenters. The number of nitrogens with one attached hydrogen (secondary N) is 2. The van der Waals surface area contributed by atoms with E-state index in [0.717, 1.165) is 5.56 Å². The molecular formula is C12H11F5N2O. The fourth-order valence-corrected chi connectivity index (χ4v) is 1.98. The van der Waals surface area contributed by atoms with Gasteiger partial charge in [-0.25, -0.2) is 0 Å². The normalized spacial score (nSPS) is 15.7. The average Bonchev–Trinajstić information content (AvgIpc) is 2.37. The Kier molecular flexibility index (Phi) is 3.68. The Balaban J connectivity index is 2.25. The molecule has 1 amide bonds. The number of anilines is 1. The van der Waals surface area contributed by atoms with Gasteiger partial charge in [0, 0.05) is 12.2 Å². The van der Waals surface area contributed by atoms with Crippen LogP contribution in [-0.4, -0.2) is 24.6 Å². The van der Waals surface area contributed by atoms with Crippen molar-refractivity contribution >= 4 is 11.6 Å². The highest BCUT2D eigenvalue weighted by atomic mass is 19.4. The first-order valence-electron chi connectivity index (χ1n) is 5.81. The van der Waals surface area contributed by atoms with Crippen LogP contribution in [0.5, 0.6) is 0 Å². The number of benzene rings is 1. The monoisotopic (exact) mass is 294 g/mol. The summed E-state index contributed by atoms with van der Waals surface area (Å²) in [6.07, 6.45) is -5.46. The second-order valence-electron chi connectivity index (χ2n) is 4.40. The number of carbonyl (C=O) groups is 1. The summed E-state index contributed by atoms with van der Waals surface area (Å²) >= 11 is 0. The van der Waals surface area contributed by atoms with Crippen LogP contribution >= 0.6 is 0 Å². The van der Waals surface area contributed by atoms with E-state index in [2.05, 4.69) is 5.32 Å². The molecule has 3 nitrogen and oxygen atoms in total. The van der Waals surface area contributed by atoms with Crippen LogP contribution in [0.3, 0.4) is 0 Å². The molecule has 1 aromatic carbocycles. The van der Waals surface area contributed by atoms with E-state index < -0.39 is 18.0 Å². The summed E-state index contributed by atoms with van der Waals surface area (Å²) in [4.78, 5) is 11.2. The van der Waals surface area contributed by atoms with Gasteiger partial charge in [-0.15, -0.1) is 0 Å². The number of hydrogen-bond acceptors (Lipinski definition) is 2. The quantitative estimate of drug-likeness (QED) is 0.823. The summed E-state index contributed by atoms with van der Waals surface area (Å²) in [6.45, 7) is 1.05. The molecular weight excluding hydrogens is 283 g/mol. The summed E-state index contributed by atoms with van der Waals surface area (Å²) in [5.41, 5.74) is 1.35. The molecule has 0 aromatic heterocycles. The zero-order valence-corrected chi connectivity index (χ0v) is 10.2. The van der Waals surface area contributed by atoms with E-state index >= 15 is 0 Å². The van der Waals surface area contributed by atoms with Crippen LogP contribution in [0.2, 0.25) is 0 Å². The van der Waals surface area contributed by atoms with Crippen molar-refractivity contribution in [2.75, 3.05) is 11.9 Å². The SMILES string of the molecule is O=C(Nc1cccc2c1CCNC2)C(F)(F)C(F)(F)F. The van der Waals surface area contributed by atoms with E-state index in [4.69, 9.17) is 0 Å². The minimum absolute atomic E-state index is 0.00192. The van der Waals surface area contributed by atoms with Crippen molar-refractivity contribution in [1.82, 2.24) is 5.32 Å². The van der Waals surface area contributed by atoms with Crippen molar-refractivity contribution in [2.45, 2.75) is 25.1 Å². The number of carbonyl (C=O) groups excluding carboxylic acids is 1. The summed E-state index contributed by atoms with van der Waals surface area (Å²) in [5.74, 6) is -7.78. The molecule has 0 unspecified atom stereocenters. The zero-order valence-electron chi connectivity index (χ0n) is 10.2. The lowest BCUT2D eigenvalue weighted by atomic mass is 9.99. The maximum Gasteiger partial charge on any atom is 0.463 e. The molecule has 1 aromatic rings. The lowest BCUT2D eigenvalue weighted by molar-refractivity contribution is -0.267. The zero-order chi connectivity index (χ0) is 15.0. The third-order valence-corrected chi connectivity index (χ3v) is 3.03. The lowest BCUT2D eigenvalue weighted by Gasteiger charge is -2.23. The van der Waals surface area contributed by atoms with Crippen molar-refractivity contribution in [3.63, 3.8) is 0 Å². The van der Waals surface area contributed by atoms with E-state index in [1.54, 1.807) is 11.4 Å². The summed E-state index contributed by atoms with van der Waals surface area (Å²) in [6, 6.07) is 4.53. The van der Waals surface area contributed by atoms with Crippen LogP contribution in [0.1, 0.15) is 11.1 Å². The van der Waals surface area contributed by atoms with E-state index in [1.807, 2.05) is 0 Å². The predicted molar refractivity (Wildman–Crippen MR) is 61.5 cm³/mol. The average molecular weight is 294 g/mol. The van der Waals surface area contributed by atoms with Crippen molar-refractivity contribution in [3.8, 4) is 0 Å². The first-order chi connectivity index (χ1) is 9.23. The van der Waals surface area contributed by atoms with Crippen LogP contribution in [0.15, 0.2) is 18.2 Å². The minimum atomic E-state index is -5.91. The Morgan fingerprint density at radius 2 is 1.90 bits per heavy atom. The molecule has 1 heterocycles. The highest BCUT2D eigenvalue weighted by molar-refractivity contribution is 5.97. The Bertz CT molecular complexity index is 527. The van der Waals surface area contributed by atoms with Gasteiger partial charge in [-0.2, -0.15) is 22.0 Å². The number of rotatable bonds is 2. The fraction of sp³-hybridized carbons (Fsp3) is 0.417. The minimum Gasteiger partial charge on any atom is -0.320 e. The Morgan fingerprint density at radius 1 is 1.20 bits per heavy atom. The van der Waals surface area contributed by atoms with Crippen LogP contribution in [0, 0.1) is 0 Å². The van der Waals surface area contributed by atoms with Crippen LogP contribution in [0.4, 0.5) is 27.6 Å². The van der Waals surface area contributed by atoms with Gasteiger partial charge in [0.15, 0.2) is 0 Å². The first kappa shape index (κ1) is 14.7. The summed E-state index contributed by atoms with van der Waals surface area (Å²) in [7, 11) is 0. The molecule has 0 aliphatic carbocycles. The van der Waals surface area contributed by atoms with E-state index in [0.29, 0.717) is 25.1 Å². The van der Waals surface area contributed by atoms with Gasteiger partial charge in [-0.3, -0.25) is 4.79 Å². The Hall–Kier alpha value is -1.70. The highest BCUT2D eigenvalue weighted by Crippen LogP contribution is 2.36. The number of hydrogen-bond donors (Lipinski definition) is 2. The number of amides is 1. The standard InChI is InChI=1S/C12H11F5N2O/c13-11(14,12(15,16)17)10(20)19-9-3-1-2-7-6-18-5-4-8(7)9/h1-3,18H,4-6H2,(H,19,20). The summed E-state index contributed by atoms with van der Waals surface area (Å²) < 4.78 is 62.1. The van der Waals surface area contributed by atoms with Crippen molar-refractivity contribution in [3.05, 3.63) is 29.3 Å². The number of alkyl halides is 5. The van der Waals surface area contributed by atoms with Crippen LogP contribution < -0.4 is 10.6 Å². The lowest BCUT2D eigenvalue weighted by Crippen LogP contribution is -2.47. The fourth-order valence-electron chi connectivity index (χ4n) is 1.98. The largest absolute Gasteiger partial charge is 0.463 e. The topological polar surface area (TPSA) is 41.1 Å². The van der Waals surface area contributed by atoms with E-state index in [1.165, 1.54) is 12.1 Å². The van der Waals surface area contributed by atoms with Crippen LogP contribution in [0.25, 0.3) is 0 Å². The van der Waals surface area contributed by atoms with Gasteiger partial charge >= 0.3 is 18.0 Å². The third-order valence-electron chi connectivity index (χ3n) is 3.03. The molecule has 0 bridgehead atoms. The van der Waals surface area contributed by atoms with Gasteiger partial charge in [0.1, 0.15) is 0 Å². The third kappa shape index (κ3) is 2.60. The molecule has 0 fully saturated rings. The first-order valence-corrected chi connectivity index (χ1v) is 5.81. The molecule has 1 aliphatic rings. The molecule has 1 aliphatic heterocycles. The van der Waals surface area contributed by atoms with Crippen LogP contribution in [-0.2, 0) is 17.8 Å². The molecule has 0 saturated carbocycles.